The Kier molecular flexibility index (Phi) is 6.41. The van der Waals surface area contributed by atoms with Crippen molar-refractivity contribution in [1.29, 1.82) is 0 Å². The van der Waals surface area contributed by atoms with E-state index in [0.717, 1.165) is 36.1 Å². The minimum absolute atomic E-state index is 0.383. The van der Waals surface area contributed by atoms with Gasteiger partial charge in [0.2, 0.25) is 5.88 Å². The molecule has 1 heterocycles. The number of benzene rings is 1. The van der Waals surface area contributed by atoms with E-state index in [9.17, 15) is 5.11 Å². The molecule has 1 aromatic carbocycles. The van der Waals surface area contributed by atoms with E-state index < -0.39 is 0 Å². The van der Waals surface area contributed by atoms with E-state index in [-0.39, 0.29) is 6.10 Å². The van der Waals surface area contributed by atoms with E-state index in [4.69, 9.17) is 4.74 Å². The molecule has 2 aromatic rings. The first kappa shape index (κ1) is 16.5. The van der Waals surface area contributed by atoms with Crippen LogP contribution in [0.5, 0.6) is 5.88 Å². The van der Waals surface area contributed by atoms with Crippen LogP contribution in [-0.4, -0.2) is 16.7 Å². The van der Waals surface area contributed by atoms with Gasteiger partial charge in [-0.2, -0.15) is 0 Å². The summed E-state index contributed by atoms with van der Waals surface area (Å²) in [6, 6.07) is 11.9. The molecule has 0 fully saturated rings. The summed E-state index contributed by atoms with van der Waals surface area (Å²) in [7, 11) is 0. The maximum absolute atomic E-state index is 9.82. The summed E-state index contributed by atoms with van der Waals surface area (Å²) in [4.78, 5) is 4.35. The molecule has 0 radical (unpaired) electrons. The second-order valence-electron chi connectivity index (χ2n) is 5.49. The number of aromatic nitrogens is 1. The third kappa shape index (κ3) is 4.57. The molecule has 0 aliphatic heterocycles. The molecule has 118 valence electrons. The molecular formula is C19H25NO2. The molecule has 0 aliphatic carbocycles. The molecule has 0 saturated heterocycles. The lowest BCUT2D eigenvalue weighted by Gasteiger charge is -2.09. The number of aliphatic hydroxyl groups is 1. The molecule has 0 amide bonds. The zero-order valence-electron chi connectivity index (χ0n) is 13.5. The molecule has 3 nitrogen and oxygen atoms in total. The summed E-state index contributed by atoms with van der Waals surface area (Å²) >= 11 is 0. The fraction of sp³-hybridized carbons (Fsp3) is 0.421. The molecule has 1 N–H and O–H groups in total. The van der Waals surface area contributed by atoms with Gasteiger partial charge in [0.05, 0.1) is 12.7 Å². The first-order chi connectivity index (χ1) is 10.7. The zero-order valence-corrected chi connectivity index (χ0v) is 13.5. The minimum atomic E-state index is -0.383. The third-order valence-electron chi connectivity index (χ3n) is 3.75. The standard InChI is InChI=1S/C19H25NO2/c1-3-5-6-13-22-19-12-11-17(14-20-19)15-7-9-16(10-8-15)18(21)4-2/h7-12,14,18,21H,3-6,13H2,1-2H3. The van der Waals surface area contributed by atoms with Crippen LogP contribution in [0.1, 0.15) is 51.2 Å². The summed E-state index contributed by atoms with van der Waals surface area (Å²) in [5.41, 5.74) is 3.10. The molecular weight excluding hydrogens is 274 g/mol. The van der Waals surface area contributed by atoms with Crippen molar-refractivity contribution < 1.29 is 9.84 Å². The van der Waals surface area contributed by atoms with E-state index in [1.165, 1.54) is 12.8 Å². The van der Waals surface area contributed by atoms with Crippen LogP contribution < -0.4 is 4.74 Å². The van der Waals surface area contributed by atoms with Gasteiger partial charge in [-0.25, -0.2) is 4.98 Å². The fourth-order valence-corrected chi connectivity index (χ4v) is 2.30. The Morgan fingerprint density at radius 2 is 1.73 bits per heavy atom. The topological polar surface area (TPSA) is 42.4 Å². The predicted octanol–water partition coefficient (Wildman–Crippen LogP) is 4.76. The van der Waals surface area contributed by atoms with Crippen LogP contribution in [0.2, 0.25) is 0 Å². The summed E-state index contributed by atoms with van der Waals surface area (Å²) in [6.45, 7) is 4.88. The number of aliphatic hydroxyl groups excluding tert-OH is 1. The number of unbranched alkanes of at least 4 members (excludes halogenated alkanes) is 2. The highest BCUT2D eigenvalue weighted by atomic mass is 16.5. The van der Waals surface area contributed by atoms with Crippen LogP contribution in [-0.2, 0) is 0 Å². The van der Waals surface area contributed by atoms with Crippen LogP contribution in [0.15, 0.2) is 42.6 Å². The van der Waals surface area contributed by atoms with Crippen molar-refractivity contribution in [1.82, 2.24) is 4.98 Å². The van der Waals surface area contributed by atoms with Crippen LogP contribution >= 0.6 is 0 Å². The molecule has 3 heteroatoms. The minimum Gasteiger partial charge on any atom is -0.478 e. The molecule has 0 aliphatic rings. The average molecular weight is 299 g/mol. The Morgan fingerprint density at radius 3 is 2.32 bits per heavy atom. The highest BCUT2D eigenvalue weighted by molar-refractivity contribution is 5.63. The van der Waals surface area contributed by atoms with Gasteiger partial charge in [-0.15, -0.1) is 0 Å². The van der Waals surface area contributed by atoms with Gasteiger partial charge in [0.15, 0.2) is 0 Å². The van der Waals surface area contributed by atoms with Crippen molar-refractivity contribution in [2.45, 2.75) is 45.6 Å². The lowest BCUT2D eigenvalue weighted by atomic mass is 10.0. The van der Waals surface area contributed by atoms with Crippen LogP contribution in [0.3, 0.4) is 0 Å². The van der Waals surface area contributed by atoms with Gasteiger partial charge in [-0.1, -0.05) is 51.0 Å². The monoisotopic (exact) mass is 299 g/mol. The number of rotatable bonds is 8. The summed E-state index contributed by atoms with van der Waals surface area (Å²) in [6.07, 6.45) is 5.63. The van der Waals surface area contributed by atoms with Gasteiger partial charge in [-0.3, -0.25) is 0 Å². The van der Waals surface area contributed by atoms with Crippen molar-refractivity contribution in [2.24, 2.45) is 0 Å². The first-order valence-electron chi connectivity index (χ1n) is 8.11. The zero-order chi connectivity index (χ0) is 15.8. The molecule has 1 unspecified atom stereocenters. The van der Waals surface area contributed by atoms with Crippen molar-refractivity contribution in [3.8, 4) is 17.0 Å². The van der Waals surface area contributed by atoms with Crippen molar-refractivity contribution >= 4 is 0 Å². The highest BCUT2D eigenvalue weighted by Gasteiger charge is 2.05. The normalized spacial score (nSPS) is 12.1. The van der Waals surface area contributed by atoms with Gasteiger partial charge in [0.1, 0.15) is 0 Å². The van der Waals surface area contributed by atoms with E-state index in [2.05, 4.69) is 11.9 Å². The largest absolute Gasteiger partial charge is 0.478 e. The van der Waals surface area contributed by atoms with Crippen LogP contribution in [0.25, 0.3) is 11.1 Å². The Balaban J connectivity index is 1.97. The molecule has 0 spiro atoms. The Hall–Kier alpha value is -1.87. The Bertz CT molecular complexity index is 549. The third-order valence-corrected chi connectivity index (χ3v) is 3.75. The summed E-state index contributed by atoms with van der Waals surface area (Å²) in [5.74, 6) is 0.679. The van der Waals surface area contributed by atoms with E-state index in [1.54, 1.807) is 0 Å². The molecule has 1 atom stereocenters. The van der Waals surface area contributed by atoms with Gasteiger partial charge in [0.25, 0.3) is 0 Å². The maximum Gasteiger partial charge on any atom is 0.213 e. The van der Waals surface area contributed by atoms with E-state index in [1.807, 2.05) is 49.5 Å². The van der Waals surface area contributed by atoms with E-state index >= 15 is 0 Å². The number of nitrogens with zero attached hydrogens (tertiary/aromatic N) is 1. The SMILES string of the molecule is CCCCCOc1ccc(-c2ccc(C(O)CC)cc2)cn1. The summed E-state index contributed by atoms with van der Waals surface area (Å²) in [5, 5.41) is 9.82. The predicted molar refractivity (Wildman–Crippen MR) is 89.9 cm³/mol. The second-order valence-corrected chi connectivity index (χ2v) is 5.49. The smallest absolute Gasteiger partial charge is 0.213 e. The maximum atomic E-state index is 9.82. The Morgan fingerprint density at radius 1 is 1.00 bits per heavy atom. The van der Waals surface area contributed by atoms with Crippen LogP contribution in [0, 0.1) is 0 Å². The van der Waals surface area contributed by atoms with Crippen molar-refractivity contribution in [3.05, 3.63) is 48.2 Å². The fourth-order valence-electron chi connectivity index (χ4n) is 2.30. The molecule has 0 saturated carbocycles. The lowest BCUT2D eigenvalue weighted by Crippen LogP contribution is -1.98. The molecule has 2 rings (SSSR count). The number of ether oxygens (including phenoxy) is 1. The van der Waals surface area contributed by atoms with E-state index in [0.29, 0.717) is 5.88 Å². The molecule has 1 aromatic heterocycles. The molecule has 0 bridgehead atoms. The van der Waals surface area contributed by atoms with Crippen LogP contribution in [0.4, 0.5) is 0 Å². The number of hydrogen-bond donors (Lipinski definition) is 1. The van der Waals surface area contributed by atoms with Gasteiger partial charge >= 0.3 is 0 Å². The second kappa shape index (κ2) is 8.54. The van der Waals surface area contributed by atoms with Crippen molar-refractivity contribution in [2.75, 3.05) is 6.61 Å². The quantitative estimate of drug-likeness (QED) is 0.714. The highest BCUT2D eigenvalue weighted by Crippen LogP contribution is 2.23. The molecule has 22 heavy (non-hydrogen) atoms. The number of hydrogen-bond acceptors (Lipinski definition) is 3. The number of pyridine rings is 1. The van der Waals surface area contributed by atoms with Gasteiger partial charge < -0.3 is 9.84 Å². The first-order valence-corrected chi connectivity index (χ1v) is 8.11. The van der Waals surface area contributed by atoms with Crippen molar-refractivity contribution in [3.63, 3.8) is 0 Å². The average Bonchev–Trinajstić information content (AvgIpc) is 2.59. The van der Waals surface area contributed by atoms with Gasteiger partial charge in [-0.05, 0) is 30.0 Å². The lowest BCUT2D eigenvalue weighted by molar-refractivity contribution is 0.173. The van der Waals surface area contributed by atoms with Gasteiger partial charge in [0, 0.05) is 17.8 Å². The Labute approximate surface area is 133 Å². The summed E-state index contributed by atoms with van der Waals surface area (Å²) < 4.78 is 5.62.